The fourth-order valence-corrected chi connectivity index (χ4v) is 16.7. The quantitative estimate of drug-likeness (QED) is 0.116. The molecule has 4 bridgehead atoms. The van der Waals surface area contributed by atoms with Crippen molar-refractivity contribution >= 4 is 33.4 Å². The summed E-state index contributed by atoms with van der Waals surface area (Å²) in [4.78, 5) is 38.8. The number of aromatic nitrogens is 6. The van der Waals surface area contributed by atoms with Gasteiger partial charge in [-0.2, -0.15) is 19.9 Å². The van der Waals surface area contributed by atoms with Gasteiger partial charge in [-0.15, -0.1) is 0 Å². The molecule has 14 heteroatoms. The van der Waals surface area contributed by atoms with Gasteiger partial charge in [0.1, 0.15) is 47.3 Å². The number of anilines is 2. The Balaban J connectivity index is 0.000000136. The van der Waals surface area contributed by atoms with Gasteiger partial charge in [0.15, 0.2) is 11.6 Å². The van der Waals surface area contributed by atoms with Crippen molar-refractivity contribution in [2.75, 3.05) is 75.4 Å². The number of piperidine rings is 2. The smallest absolute Gasteiger partial charge is 0.319 e. The van der Waals surface area contributed by atoms with E-state index in [-0.39, 0.29) is 22.7 Å². The molecule has 0 spiro atoms. The molecule has 10 fully saturated rings. The van der Waals surface area contributed by atoms with Gasteiger partial charge >= 0.3 is 12.0 Å². The third-order valence-electron chi connectivity index (χ3n) is 21.1. The van der Waals surface area contributed by atoms with Gasteiger partial charge in [0, 0.05) is 49.7 Å². The van der Waals surface area contributed by atoms with Crippen LogP contribution >= 0.6 is 0 Å². The number of hydrogen-bond donors (Lipinski definition) is 0. The summed E-state index contributed by atoms with van der Waals surface area (Å²) in [5.41, 5.74) is 5.78. The summed E-state index contributed by atoms with van der Waals surface area (Å²) in [6, 6.07) is 17.0. The summed E-state index contributed by atoms with van der Waals surface area (Å²) in [6.07, 6.45) is 23.1. The lowest BCUT2D eigenvalue weighted by atomic mass is 9.95. The average molecular weight is 1060 g/mol. The number of rotatable bonds is 12. The minimum Gasteiger partial charge on any atom is -0.461 e. The minimum atomic E-state index is -0.358. The third kappa shape index (κ3) is 8.79. The molecule has 0 N–H and O–H groups in total. The summed E-state index contributed by atoms with van der Waals surface area (Å²) in [6.45, 7) is 14.1. The molecule has 6 aromatic rings. The number of ether oxygens (including phenoxy) is 2. The van der Waals surface area contributed by atoms with E-state index in [0.717, 1.165) is 114 Å². The second-order valence-corrected chi connectivity index (χ2v) is 26.2. The molecule has 12 nitrogen and oxygen atoms in total. The molecule has 16 rings (SSSR count). The van der Waals surface area contributed by atoms with Crippen molar-refractivity contribution in [3.63, 3.8) is 0 Å². The van der Waals surface area contributed by atoms with Gasteiger partial charge in [-0.1, -0.05) is 62.4 Å². The fourth-order valence-electron chi connectivity index (χ4n) is 16.7. The number of fused-ring (bicyclic) bond motifs is 8. The van der Waals surface area contributed by atoms with Crippen LogP contribution in [0.25, 0.3) is 44.3 Å². The second kappa shape index (κ2) is 19.6. The van der Waals surface area contributed by atoms with Crippen molar-refractivity contribution in [1.82, 2.24) is 39.7 Å². The van der Waals surface area contributed by atoms with Crippen LogP contribution in [0, 0.1) is 47.1 Å². The highest BCUT2D eigenvalue weighted by atomic mass is 19.1. The number of nitrogens with zero attached hydrogens (tertiary/aromatic N) is 10. The van der Waals surface area contributed by atoms with E-state index in [2.05, 4.69) is 57.7 Å². The van der Waals surface area contributed by atoms with Crippen LogP contribution in [0.2, 0.25) is 0 Å². The zero-order chi connectivity index (χ0) is 52.3. The minimum absolute atomic E-state index is 0.0879. The zero-order valence-corrected chi connectivity index (χ0v) is 45.8. The molecule has 0 radical (unpaired) electrons. The molecule has 6 aliphatic heterocycles. The maximum atomic E-state index is 16.5. The van der Waals surface area contributed by atoms with Gasteiger partial charge in [0.2, 0.25) is 0 Å². The van der Waals surface area contributed by atoms with Gasteiger partial charge < -0.3 is 19.3 Å². The Morgan fingerprint density at radius 2 is 0.885 bits per heavy atom. The average Bonchev–Trinajstić information content (AvgIpc) is 3.99. The van der Waals surface area contributed by atoms with E-state index < -0.39 is 0 Å². The van der Waals surface area contributed by atoms with Crippen LogP contribution in [-0.4, -0.2) is 116 Å². The molecule has 2 aromatic carbocycles. The summed E-state index contributed by atoms with van der Waals surface area (Å²) in [5.74, 6) is 5.82. The molecule has 78 heavy (non-hydrogen) atoms. The number of benzene rings is 2. The van der Waals surface area contributed by atoms with Crippen molar-refractivity contribution in [3.8, 4) is 34.5 Å². The SMILES string of the molecule is C[C@H]1CC1c1ccccc1-c1ncc2c(N3CC4CCC(C4)C3)nc(OCC34CCCN3CCC4)nc2c1F.C[C@H]1C[C@H]1c1ccccc1-c1ncc2c(N3CC4CCC(C4)C3)nc(OCC34CCCN3CCC4)nc2c1F. The first-order valence-corrected chi connectivity index (χ1v) is 30.3. The predicted octanol–water partition coefficient (Wildman–Crippen LogP) is 12.4. The van der Waals surface area contributed by atoms with E-state index in [1.54, 1.807) is 0 Å². The van der Waals surface area contributed by atoms with Gasteiger partial charge in [-0.25, -0.2) is 8.78 Å². The van der Waals surface area contributed by atoms with Gasteiger partial charge in [0.05, 0.1) is 21.9 Å². The largest absolute Gasteiger partial charge is 0.461 e. The lowest BCUT2D eigenvalue weighted by Gasteiger charge is -2.34. The lowest BCUT2D eigenvalue weighted by Crippen LogP contribution is -2.43. The third-order valence-corrected chi connectivity index (χ3v) is 21.1. The fraction of sp³-hybridized carbons (Fsp3) is 0.594. The second-order valence-electron chi connectivity index (χ2n) is 26.2. The highest BCUT2D eigenvalue weighted by Gasteiger charge is 2.47. The van der Waals surface area contributed by atoms with Gasteiger partial charge in [0.25, 0.3) is 0 Å². The van der Waals surface area contributed by atoms with Crippen LogP contribution in [0.15, 0.2) is 60.9 Å². The first kappa shape index (κ1) is 49.4. The highest BCUT2D eigenvalue weighted by Crippen LogP contribution is 2.52. The van der Waals surface area contributed by atoms with Crippen molar-refractivity contribution < 1.29 is 18.3 Å². The maximum Gasteiger partial charge on any atom is 0.319 e. The summed E-state index contributed by atoms with van der Waals surface area (Å²) in [5, 5.41) is 1.40. The van der Waals surface area contributed by atoms with Crippen LogP contribution in [0.1, 0.15) is 140 Å². The van der Waals surface area contributed by atoms with E-state index >= 15 is 8.78 Å². The molecule has 6 saturated heterocycles. The molecule has 10 heterocycles. The molecule has 5 unspecified atom stereocenters. The van der Waals surface area contributed by atoms with Crippen molar-refractivity contribution in [3.05, 3.63) is 83.7 Å². The van der Waals surface area contributed by atoms with Crippen LogP contribution < -0.4 is 19.3 Å². The Morgan fingerprint density at radius 3 is 1.26 bits per heavy atom. The Kier molecular flexibility index (Phi) is 12.4. The molecule has 4 saturated carbocycles. The molecule has 4 aromatic heterocycles. The Morgan fingerprint density at radius 1 is 0.513 bits per heavy atom. The molecule has 10 aliphatic rings. The zero-order valence-electron chi connectivity index (χ0n) is 45.8. The first-order valence-electron chi connectivity index (χ1n) is 30.3. The molecule has 8 atom stereocenters. The number of hydrogen-bond acceptors (Lipinski definition) is 12. The van der Waals surface area contributed by atoms with Crippen LogP contribution in [0.4, 0.5) is 20.4 Å². The molecule has 408 valence electrons. The molecule has 0 amide bonds. The van der Waals surface area contributed by atoms with Crippen LogP contribution in [-0.2, 0) is 0 Å². The summed E-state index contributed by atoms with van der Waals surface area (Å²) < 4.78 is 45.9. The monoisotopic (exact) mass is 1050 g/mol. The molecule has 4 aliphatic carbocycles. The standard InChI is InChI=1S/2C32H38FN5O/c2*1-20-14-25(20)23-6-2-3-7-24(23)28-27(33)29-26(16-34-28)30(37-17-21-8-9-22(15-21)18-37)36-31(35-29)39-19-32-10-4-12-38(32)13-5-11-32/h2*2-3,6-7,16,20-22,25H,4-5,8-15,17-19H2,1H3/t20-,21?,22?,25?;20-,21?,22?,25+/m00/s1. The Hall–Kier alpha value is -5.60. The normalized spacial score (nSPS) is 29.2. The first-order chi connectivity index (χ1) is 38.2. The summed E-state index contributed by atoms with van der Waals surface area (Å²) in [7, 11) is 0. The van der Waals surface area contributed by atoms with Crippen molar-refractivity contribution in [2.24, 2.45) is 35.5 Å². The highest BCUT2D eigenvalue weighted by molar-refractivity contribution is 5.93. The Labute approximate surface area is 458 Å². The van der Waals surface area contributed by atoms with Crippen molar-refractivity contribution in [1.29, 1.82) is 0 Å². The Bertz CT molecular complexity index is 3030. The van der Waals surface area contributed by atoms with Gasteiger partial charge in [-0.3, -0.25) is 19.8 Å². The van der Waals surface area contributed by atoms with E-state index in [0.29, 0.717) is 106 Å². The maximum absolute atomic E-state index is 16.5. The van der Waals surface area contributed by atoms with Crippen LogP contribution in [0.5, 0.6) is 12.0 Å². The van der Waals surface area contributed by atoms with Crippen molar-refractivity contribution in [2.45, 2.75) is 139 Å². The van der Waals surface area contributed by atoms with Gasteiger partial charge in [-0.05, 0) is 187 Å². The van der Waals surface area contributed by atoms with E-state index in [1.165, 1.54) is 75.3 Å². The number of halogens is 2. The van der Waals surface area contributed by atoms with E-state index in [4.69, 9.17) is 39.4 Å². The molecular weight excluding hydrogens is 979 g/mol. The lowest BCUT2D eigenvalue weighted by molar-refractivity contribution is 0.108. The topological polar surface area (TPSA) is 109 Å². The summed E-state index contributed by atoms with van der Waals surface area (Å²) >= 11 is 0. The predicted molar refractivity (Wildman–Crippen MR) is 301 cm³/mol. The van der Waals surface area contributed by atoms with E-state index in [9.17, 15) is 0 Å². The van der Waals surface area contributed by atoms with Crippen LogP contribution in [0.3, 0.4) is 0 Å². The number of pyridine rings is 2. The van der Waals surface area contributed by atoms with E-state index in [1.807, 2.05) is 36.7 Å². The molecular formula is C64H76F2N10O2.